The third-order valence-electron chi connectivity index (χ3n) is 5.14. The van der Waals surface area contributed by atoms with Gasteiger partial charge in [-0.15, -0.1) is 0 Å². The Balaban J connectivity index is 1.49. The molecule has 23 heavy (non-hydrogen) atoms. The molecule has 0 aromatic rings. The van der Waals surface area contributed by atoms with Crippen molar-refractivity contribution in [2.24, 2.45) is 10.9 Å². The number of rotatable bonds is 7. The van der Waals surface area contributed by atoms with E-state index in [9.17, 15) is 0 Å². The predicted octanol–water partition coefficient (Wildman–Crippen LogP) is 2.23. The van der Waals surface area contributed by atoms with Gasteiger partial charge in [0, 0.05) is 26.7 Å². The molecule has 0 unspecified atom stereocenters. The number of nitrogens with zero attached hydrogens (tertiary/aromatic N) is 2. The zero-order chi connectivity index (χ0) is 16.3. The fourth-order valence-corrected chi connectivity index (χ4v) is 3.49. The van der Waals surface area contributed by atoms with Crippen molar-refractivity contribution in [3.8, 4) is 0 Å². The molecule has 0 aromatic heterocycles. The summed E-state index contributed by atoms with van der Waals surface area (Å²) in [6.07, 6.45) is 10.7. The highest BCUT2D eigenvalue weighted by Gasteiger charge is 2.16. The van der Waals surface area contributed by atoms with E-state index >= 15 is 0 Å². The van der Waals surface area contributed by atoms with Gasteiger partial charge in [-0.2, -0.15) is 0 Å². The highest BCUT2D eigenvalue weighted by molar-refractivity contribution is 5.79. The normalized spacial score (nSPS) is 22.3. The molecule has 0 spiro atoms. The first kappa shape index (κ1) is 18.5. The maximum absolute atomic E-state index is 5.96. The average Bonchev–Trinajstić information content (AvgIpc) is 2.59. The lowest BCUT2D eigenvalue weighted by Crippen LogP contribution is -2.42. The maximum Gasteiger partial charge on any atom is 0.190 e. The predicted molar refractivity (Wildman–Crippen MR) is 97.0 cm³/mol. The quantitative estimate of drug-likeness (QED) is 0.428. The second-order valence-corrected chi connectivity index (χ2v) is 7.11. The molecule has 1 saturated heterocycles. The Kier molecular flexibility index (Phi) is 8.76. The first-order valence-corrected chi connectivity index (χ1v) is 9.52. The van der Waals surface area contributed by atoms with Crippen LogP contribution in [-0.4, -0.2) is 63.8 Å². The van der Waals surface area contributed by atoms with Crippen LogP contribution >= 0.6 is 0 Å². The Morgan fingerprint density at radius 3 is 2.52 bits per heavy atom. The van der Waals surface area contributed by atoms with Gasteiger partial charge in [-0.05, 0) is 58.2 Å². The molecule has 1 heterocycles. The molecule has 0 bridgehead atoms. The minimum atomic E-state index is 0.519. The molecule has 2 rings (SSSR count). The van der Waals surface area contributed by atoms with Gasteiger partial charge < -0.3 is 20.3 Å². The summed E-state index contributed by atoms with van der Waals surface area (Å²) in [6, 6.07) is 0. The van der Waals surface area contributed by atoms with Gasteiger partial charge in [0.05, 0.1) is 6.10 Å². The topological polar surface area (TPSA) is 48.9 Å². The fourth-order valence-electron chi connectivity index (χ4n) is 3.49. The number of nitrogens with one attached hydrogen (secondary N) is 2. The third-order valence-corrected chi connectivity index (χ3v) is 5.14. The lowest BCUT2D eigenvalue weighted by Gasteiger charge is -2.29. The molecule has 1 aliphatic carbocycles. The summed E-state index contributed by atoms with van der Waals surface area (Å²) in [5.74, 6) is 1.71. The van der Waals surface area contributed by atoms with Crippen LogP contribution in [0.3, 0.4) is 0 Å². The van der Waals surface area contributed by atoms with E-state index < -0.39 is 0 Å². The SMILES string of the molecule is CN=C(NCCCOC1CCCCC1)NCC1CCN(C)CC1. The molecule has 2 N–H and O–H groups in total. The van der Waals surface area contributed by atoms with Crippen LogP contribution in [0.4, 0.5) is 0 Å². The Hall–Kier alpha value is -0.810. The summed E-state index contributed by atoms with van der Waals surface area (Å²) in [4.78, 5) is 6.73. The summed E-state index contributed by atoms with van der Waals surface area (Å²) in [6.45, 7) is 5.27. The number of piperidine rings is 1. The average molecular weight is 325 g/mol. The minimum Gasteiger partial charge on any atom is -0.378 e. The van der Waals surface area contributed by atoms with E-state index in [4.69, 9.17) is 4.74 Å². The largest absolute Gasteiger partial charge is 0.378 e. The van der Waals surface area contributed by atoms with Gasteiger partial charge in [-0.1, -0.05) is 19.3 Å². The Labute approximate surface area is 142 Å². The molecule has 2 fully saturated rings. The monoisotopic (exact) mass is 324 g/mol. The van der Waals surface area contributed by atoms with Crippen molar-refractivity contribution < 1.29 is 4.74 Å². The molecule has 5 heteroatoms. The summed E-state index contributed by atoms with van der Waals surface area (Å²) in [5, 5.41) is 6.88. The van der Waals surface area contributed by atoms with E-state index in [1.807, 2.05) is 7.05 Å². The van der Waals surface area contributed by atoms with E-state index in [2.05, 4.69) is 27.6 Å². The van der Waals surface area contributed by atoms with Crippen LogP contribution < -0.4 is 10.6 Å². The van der Waals surface area contributed by atoms with E-state index in [0.717, 1.165) is 38.0 Å². The van der Waals surface area contributed by atoms with Crippen LogP contribution in [-0.2, 0) is 4.74 Å². The summed E-state index contributed by atoms with van der Waals surface area (Å²) in [7, 11) is 4.06. The highest BCUT2D eigenvalue weighted by atomic mass is 16.5. The lowest BCUT2D eigenvalue weighted by atomic mass is 9.97. The molecular formula is C18H36N4O. The van der Waals surface area contributed by atoms with Crippen molar-refractivity contribution in [3.63, 3.8) is 0 Å². The number of likely N-dealkylation sites (tertiary alicyclic amines) is 1. The minimum absolute atomic E-state index is 0.519. The zero-order valence-electron chi connectivity index (χ0n) is 15.1. The first-order chi connectivity index (χ1) is 11.3. The number of hydrogen-bond donors (Lipinski definition) is 2. The number of hydrogen-bond acceptors (Lipinski definition) is 3. The van der Waals surface area contributed by atoms with E-state index in [0.29, 0.717) is 6.10 Å². The zero-order valence-corrected chi connectivity index (χ0v) is 15.1. The van der Waals surface area contributed by atoms with E-state index in [1.54, 1.807) is 0 Å². The van der Waals surface area contributed by atoms with Crippen molar-refractivity contribution in [1.82, 2.24) is 15.5 Å². The van der Waals surface area contributed by atoms with Crippen molar-refractivity contribution in [2.45, 2.75) is 57.5 Å². The standard InChI is InChI=1S/C18H36N4O/c1-19-18(21-15-16-9-12-22(2)13-10-16)20-11-6-14-23-17-7-4-3-5-8-17/h16-17H,3-15H2,1-2H3,(H2,19,20,21). The molecule has 5 nitrogen and oxygen atoms in total. The Morgan fingerprint density at radius 2 is 1.83 bits per heavy atom. The van der Waals surface area contributed by atoms with E-state index in [-0.39, 0.29) is 0 Å². The van der Waals surface area contributed by atoms with Crippen LogP contribution in [0, 0.1) is 5.92 Å². The van der Waals surface area contributed by atoms with Gasteiger partial charge in [0.2, 0.25) is 0 Å². The van der Waals surface area contributed by atoms with Crippen LogP contribution in [0.5, 0.6) is 0 Å². The van der Waals surface area contributed by atoms with Crippen molar-refractivity contribution in [3.05, 3.63) is 0 Å². The Morgan fingerprint density at radius 1 is 1.09 bits per heavy atom. The molecular weight excluding hydrogens is 288 g/mol. The molecule has 0 aromatic carbocycles. The van der Waals surface area contributed by atoms with E-state index in [1.165, 1.54) is 58.0 Å². The van der Waals surface area contributed by atoms with Gasteiger partial charge in [0.1, 0.15) is 0 Å². The van der Waals surface area contributed by atoms with Crippen molar-refractivity contribution in [2.75, 3.05) is 46.9 Å². The highest BCUT2D eigenvalue weighted by Crippen LogP contribution is 2.20. The molecule has 1 aliphatic heterocycles. The second kappa shape index (κ2) is 10.9. The maximum atomic E-state index is 5.96. The smallest absolute Gasteiger partial charge is 0.190 e. The van der Waals surface area contributed by atoms with Crippen molar-refractivity contribution in [1.29, 1.82) is 0 Å². The third kappa shape index (κ3) is 7.53. The summed E-state index contributed by atoms with van der Waals surface area (Å²) < 4.78 is 5.96. The molecule has 0 amide bonds. The van der Waals surface area contributed by atoms with Gasteiger partial charge in [0.25, 0.3) is 0 Å². The van der Waals surface area contributed by atoms with Crippen LogP contribution in [0.1, 0.15) is 51.4 Å². The number of ether oxygens (including phenoxy) is 1. The summed E-state index contributed by atoms with van der Waals surface area (Å²) >= 11 is 0. The molecule has 0 atom stereocenters. The fraction of sp³-hybridized carbons (Fsp3) is 0.944. The molecule has 0 radical (unpaired) electrons. The van der Waals surface area contributed by atoms with Gasteiger partial charge in [-0.25, -0.2) is 0 Å². The number of guanidine groups is 1. The van der Waals surface area contributed by atoms with Crippen LogP contribution in [0.2, 0.25) is 0 Å². The van der Waals surface area contributed by atoms with Gasteiger partial charge in [0.15, 0.2) is 5.96 Å². The second-order valence-electron chi connectivity index (χ2n) is 7.11. The Bertz CT molecular complexity index is 334. The van der Waals surface area contributed by atoms with Gasteiger partial charge >= 0.3 is 0 Å². The first-order valence-electron chi connectivity index (χ1n) is 9.52. The van der Waals surface area contributed by atoms with Crippen LogP contribution in [0.25, 0.3) is 0 Å². The lowest BCUT2D eigenvalue weighted by molar-refractivity contribution is 0.0277. The van der Waals surface area contributed by atoms with Gasteiger partial charge in [-0.3, -0.25) is 4.99 Å². The van der Waals surface area contributed by atoms with Crippen molar-refractivity contribution >= 4 is 5.96 Å². The summed E-state index contributed by atoms with van der Waals surface area (Å²) in [5.41, 5.74) is 0. The number of aliphatic imine (C=N–C) groups is 1. The molecule has 1 saturated carbocycles. The molecule has 2 aliphatic rings. The molecule has 134 valence electrons. The van der Waals surface area contributed by atoms with Crippen LogP contribution in [0.15, 0.2) is 4.99 Å².